The molecule has 1 heterocycles. The quantitative estimate of drug-likeness (QED) is 0.650. The molecule has 1 atom stereocenters. The molecule has 1 N–H and O–H groups in total. The van der Waals surface area contributed by atoms with Gasteiger partial charge in [0.25, 0.3) is 11.6 Å². The zero-order valence-electron chi connectivity index (χ0n) is 14.1. The van der Waals surface area contributed by atoms with Crippen LogP contribution >= 0.6 is 11.6 Å². The van der Waals surface area contributed by atoms with Gasteiger partial charge >= 0.3 is 0 Å². The smallest absolute Gasteiger partial charge is 0.287 e. The summed E-state index contributed by atoms with van der Waals surface area (Å²) in [5.41, 5.74) is 1.53. The number of Topliss-reactive ketones (excluding diaryl/α,β-unsaturated/α-hetero) is 1. The lowest BCUT2D eigenvalue weighted by Gasteiger charge is -2.21. The minimum atomic E-state index is -0.627. The van der Waals surface area contributed by atoms with E-state index in [4.69, 9.17) is 11.6 Å². The number of carbonyl (C=O) groups excluding carboxylic acids is 2. The van der Waals surface area contributed by atoms with Gasteiger partial charge in [0.2, 0.25) is 5.95 Å². The number of carbonyl (C=O) groups is 2. The average Bonchev–Trinajstić information content (AvgIpc) is 2.53. The van der Waals surface area contributed by atoms with E-state index < -0.39 is 10.8 Å². The van der Waals surface area contributed by atoms with Crippen LogP contribution in [0.1, 0.15) is 45.4 Å². The number of hydrogen-bond donors (Lipinski definition) is 1. The minimum Gasteiger partial charge on any atom is -0.294 e. The van der Waals surface area contributed by atoms with Crippen molar-refractivity contribution in [2.75, 3.05) is 5.32 Å². The molecule has 0 saturated heterocycles. The molecule has 9 heteroatoms. The molecule has 0 bridgehead atoms. The molecular weight excluding hydrogens is 360 g/mol. The molecule has 0 saturated carbocycles. The topological polar surface area (TPSA) is 115 Å². The molecule has 0 fully saturated rings. The number of rotatable bonds is 3. The lowest BCUT2D eigenvalue weighted by Crippen LogP contribution is -2.23. The number of nitro benzene ring substituents is 1. The molecule has 0 unspecified atom stereocenters. The van der Waals surface area contributed by atoms with Crippen molar-refractivity contribution in [3.05, 3.63) is 55.9 Å². The highest BCUT2D eigenvalue weighted by molar-refractivity contribution is 6.33. The molecule has 1 aliphatic carbocycles. The van der Waals surface area contributed by atoms with E-state index >= 15 is 0 Å². The van der Waals surface area contributed by atoms with Crippen LogP contribution in [0.15, 0.2) is 18.2 Å². The Morgan fingerprint density at radius 3 is 2.73 bits per heavy atom. The summed E-state index contributed by atoms with van der Waals surface area (Å²) in [6.45, 7) is 3.67. The highest BCUT2D eigenvalue weighted by atomic mass is 35.5. The summed E-state index contributed by atoms with van der Waals surface area (Å²) in [5, 5.41) is 13.2. The number of anilines is 1. The Labute approximate surface area is 153 Å². The van der Waals surface area contributed by atoms with E-state index in [1.807, 2.05) is 6.92 Å². The molecule has 0 aliphatic heterocycles. The van der Waals surface area contributed by atoms with Gasteiger partial charge in [0, 0.05) is 18.1 Å². The molecule has 26 heavy (non-hydrogen) atoms. The number of aromatic nitrogens is 2. The zero-order valence-corrected chi connectivity index (χ0v) is 14.8. The van der Waals surface area contributed by atoms with Gasteiger partial charge in [-0.2, -0.15) is 0 Å². The summed E-state index contributed by atoms with van der Waals surface area (Å²) in [6, 6.07) is 3.68. The molecule has 3 rings (SSSR count). The van der Waals surface area contributed by atoms with Crippen LogP contribution in [0.2, 0.25) is 5.02 Å². The summed E-state index contributed by atoms with van der Waals surface area (Å²) in [4.78, 5) is 43.2. The van der Waals surface area contributed by atoms with Crippen LogP contribution in [-0.4, -0.2) is 26.6 Å². The first-order valence-electron chi connectivity index (χ1n) is 7.92. The fraction of sp³-hybridized carbons (Fsp3) is 0.294. The maximum absolute atomic E-state index is 12.4. The number of fused-ring (bicyclic) bond motifs is 1. The fourth-order valence-electron chi connectivity index (χ4n) is 2.99. The summed E-state index contributed by atoms with van der Waals surface area (Å²) in [6.07, 6.45) is 1.10. The molecule has 134 valence electrons. The monoisotopic (exact) mass is 374 g/mol. The normalized spacial score (nSPS) is 16.1. The fourth-order valence-corrected chi connectivity index (χ4v) is 3.24. The average molecular weight is 375 g/mol. The number of hydrogen-bond acceptors (Lipinski definition) is 6. The molecular formula is C17H15ClN4O4. The molecule has 2 aromatic rings. The highest BCUT2D eigenvalue weighted by Gasteiger charge is 2.27. The first kappa shape index (κ1) is 17.9. The van der Waals surface area contributed by atoms with E-state index in [0.29, 0.717) is 29.8 Å². The maximum Gasteiger partial charge on any atom is 0.287 e. The van der Waals surface area contributed by atoms with Gasteiger partial charge in [-0.15, -0.1) is 0 Å². The minimum absolute atomic E-state index is 0.0104. The molecule has 1 aromatic carbocycles. The third kappa shape index (κ3) is 3.41. The van der Waals surface area contributed by atoms with Crippen molar-refractivity contribution in [3.63, 3.8) is 0 Å². The summed E-state index contributed by atoms with van der Waals surface area (Å²) in [7, 11) is 0. The Kier molecular flexibility index (Phi) is 4.69. The van der Waals surface area contributed by atoms with Gasteiger partial charge in [-0.05, 0) is 31.4 Å². The third-order valence-electron chi connectivity index (χ3n) is 4.15. The Morgan fingerprint density at radius 1 is 1.35 bits per heavy atom. The number of nitrogens with one attached hydrogen (secondary N) is 1. The van der Waals surface area contributed by atoms with Crippen molar-refractivity contribution in [1.29, 1.82) is 0 Å². The number of ketones is 1. The second-order valence-electron chi connectivity index (χ2n) is 6.27. The van der Waals surface area contributed by atoms with Gasteiger partial charge in [0.1, 0.15) is 5.02 Å². The Hall–Kier alpha value is -2.87. The zero-order chi connectivity index (χ0) is 19.0. The maximum atomic E-state index is 12.4. The van der Waals surface area contributed by atoms with E-state index in [0.717, 1.165) is 6.07 Å². The first-order chi connectivity index (χ1) is 12.3. The number of amides is 1. The summed E-state index contributed by atoms with van der Waals surface area (Å²) < 4.78 is 0. The van der Waals surface area contributed by atoms with Crippen molar-refractivity contribution in [2.45, 2.75) is 26.7 Å². The molecule has 8 nitrogen and oxygen atoms in total. The van der Waals surface area contributed by atoms with Crippen LogP contribution in [0.25, 0.3) is 0 Å². The van der Waals surface area contributed by atoms with Gasteiger partial charge < -0.3 is 0 Å². The largest absolute Gasteiger partial charge is 0.294 e. The van der Waals surface area contributed by atoms with Gasteiger partial charge in [0.15, 0.2) is 5.78 Å². The Bertz CT molecular complexity index is 945. The predicted molar refractivity (Wildman–Crippen MR) is 94.6 cm³/mol. The van der Waals surface area contributed by atoms with Crippen LogP contribution in [-0.2, 0) is 6.42 Å². The SMILES string of the molecule is Cc1nc(NC(=O)c2ccc([N+](=O)[O-])c(Cl)c2)nc2c1C(=O)C[C@@H](C)C2. The van der Waals surface area contributed by atoms with E-state index in [1.54, 1.807) is 6.92 Å². The number of benzene rings is 1. The van der Waals surface area contributed by atoms with E-state index in [1.165, 1.54) is 12.1 Å². The molecule has 1 aromatic heterocycles. The third-order valence-corrected chi connectivity index (χ3v) is 4.45. The molecule has 1 aliphatic rings. The second kappa shape index (κ2) is 6.80. The standard InChI is InChI=1S/C17H15ClN4O4/c1-8-5-12-15(14(23)6-8)9(2)19-17(20-12)21-16(24)10-3-4-13(22(25)26)11(18)7-10/h3-4,7-8H,5-6H2,1-2H3,(H,19,20,21,24)/t8-/m0/s1. The molecule has 0 spiro atoms. The lowest BCUT2D eigenvalue weighted by molar-refractivity contribution is -0.384. The Morgan fingerprint density at radius 2 is 2.08 bits per heavy atom. The second-order valence-corrected chi connectivity index (χ2v) is 6.68. The van der Waals surface area contributed by atoms with Gasteiger partial charge in [0.05, 0.1) is 21.9 Å². The van der Waals surface area contributed by atoms with E-state index in [-0.39, 0.29) is 33.9 Å². The lowest BCUT2D eigenvalue weighted by atomic mass is 9.86. The van der Waals surface area contributed by atoms with Gasteiger partial charge in [-0.3, -0.25) is 25.0 Å². The summed E-state index contributed by atoms with van der Waals surface area (Å²) in [5.74, 6) is -0.267. The number of nitrogens with zero attached hydrogens (tertiary/aromatic N) is 3. The van der Waals surface area contributed by atoms with E-state index in [2.05, 4.69) is 15.3 Å². The van der Waals surface area contributed by atoms with Crippen LogP contribution in [0.3, 0.4) is 0 Å². The van der Waals surface area contributed by atoms with Crippen molar-refractivity contribution < 1.29 is 14.5 Å². The number of aryl methyl sites for hydroxylation is 1. The van der Waals surface area contributed by atoms with Crippen molar-refractivity contribution >= 4 is 34.9 Å². The van der Waals surface area contributed by atoms with Crippen molar-refractivity contribution in [1.82, 2.24) is 9.97 Å². The van der Waals surface area contributed by atoms with Gasteiger partial charge in [-0.1, -0.05) is 18.5 Å². The number of halogens is 1. The summed E-state index contributed by atoms with van der Waals surface area (Å²) >= 11 is 5.83. The van der Waals surface area contributed by atoms with Crippen LogP contribution in [0, 0.1) is 23.0 Å². The number of nitro groups is 1. The Balaban J connectivity index is 1.87. The van der Waals surface area contributed by atoms with E-state index in [9.17, 15) is 19.7 Å². The predicted octanol–water partition coefficient (Wildman–Crippen LogP) is 3.36. The first-order valence-corrected chi connectivity index (χ1v) is 8.30. The van der Waals surface area contributed by atoms with Crippen LogP contribution < -0.4 is 5.32 Å². The van der Waals surface area contributed by atoms with Crippen molar-refractivity contribution in [3.8, 4) is 0 Å². The van der Waals surface area contributed by atoms with Gasteiger partial charge in [-0.25, -0.2) is 9.97 Å². The molecule has 1 amide bonds. The molecule has 0 radical (unpaired) electrons. The van der Waals surface area contributed by atoms with Crippen LogP contribution in [0.5, 0.6) is 0 Å². The van der Waals surface area contributed by atoms with Crippen LogP contribution in [0.4, 0.5) is 11.6 Å². The highest BCUT2D eigenvalue weighted by Crippen LogP contribution is 2.27. The van der Waals surface area contributed by atoms with Crippen molar-refractivity contribution in [2.24, 2.45) is 5.92 Å².